The molecule has 1 heterocycles. The first-order valence-corrected chi connectivity index (χ1v) is 6.36. The lowest BCUT2D eigenvalue weighted by Crippen LogP contribution is -2.18. The monoisotopic (exact) mass is 287 g/mol. The number of nitrogens with zero attached hydrogens (tertiary/aromatic N) is 3. The van der Waals surface area contributed by atoms with Gasteiger partial charge in [0.05, 0.1) is 0 Å². The van der Waals surface area contributed by atoms with E-state index in [1.807, 2.05) is 6.92 Å². The molecular formula is C15H14FN3O2. The van der Waals surface area contributed by atoms with Gasteiger partial charge in [-0.15, -0.1) is 0 Å². The number of rotatable bonds is 5. The quantitative estimate of drug-likeness (QED) is 0.856. The third-order valence-electron chi connectivity index (χ3n) is 2.75. The summed E-state index contributed by atoms with van der Waals surface area (Å²) in [5.41, 5.74) is 1.24. The minimum absolute atomic E-state index is 0.327. The Bertz CT molecular complexity index is 656. The van der Waals surface area contributed by atoms with E-state index in [1.54, 1.807) is 17.0 Å². The van der Waals surface area contributed by atoms with Gasteiger partial charge in [-0.2, -0.15) is 0 Å². The summed E-state index contributed by atoms with van der Waals surface area (Å²) in [5.74, 6) is -0.934. The molecule has 21 heavy (non-hydrogen) atoms. The first kappa shape index (κ1) is 14.6. The molecule has 1 aromatic heterocycles. The predicted octanol–water partition coefficient (Wildman–Crippen LogP) is 2.87. The predicted molar refractivity (Wildman–Crippen MR) is 77.8 cm³/mol. The van der Waals surface area contributed by atoms with Crippen molar-refractivity contribution in [3.05, 3.63) is 54.1 Å². The van der Waals surface area contributed by atoms with Crippen molar-refractivity contribution in [3.63, 3.8) is 0 Å². The number of hydrogen-bond donors (Lipinski definition) is 1. The van der Waals surface area contributed by atoms with E-state index in [-0.39, 0.29) is 5.82 Å². The van der Waals surface area contributed by atoms with Gasteiger partial charge in [0.25, 0.3) is 0 Å². The van der Waals surface area contributed by atoms with Crippen molar-refractivity contribution < 1.29 is 14.3 Å². The van der Waals surface area contributed by atoms with Crippen LogP contribution in [0.4, 0.5) is 16.0 Å². The average Bonchev–Trinajstić information content (AvgIpc) is 2.47. The SMILES string of the molecule is CCN(c1cccc(F)c1)c1ncc(/C=C/C(=O)O)cn1. The van der Waals surface area contributed by atoms with Crippen LogP contribution in [0.25, 0.3) is 6.08 Å². The highest BCUT2D eigenvalue weighted by molar-refractivity contribution is 5.85. The lowest BCUT2D eigenvalue weighted by molar-refractivity contribution is -0.131. The molecule has 0 aliphatic heterocycles. The van der Waals surface area contributed by atoms with Gasteiger partial charge in [-0.25, -0.2) is 19.2 Å². The van der Waals surface area contributed by atoms with Gasteiger partial charge in [0, 0.05) is 36.3 Å². The zero-order valence-corrected chi connectivity index (χ0v) is 11.4. The third-order valence-corrected chi connectivity index (χ3v) is 2.75. The van der Waals surface area contributed by atoms with Crippen molar-refractivity contribution in [1.29, 1.82) is 0 Å². The van der Waals surface area contributed by atoms with E-state index in [1.165, 1.54) is 30.6 Å². The highest BCUT2D eigenvalue weighted by atomic mass is 19.1. The minimum Gasteiger partial charge on any atom is -0.478 e. The molecule has 0 bridgehead atoms. The van der Waals surface area contributed by atoms with Gasteiger partial charge in [0.2, 0.25) is 5.95 Å². The number of benzene rings is 1. The molecule has 1 N–H and O–H groups in total. The Morgan fingerprint density at radius 2 is 2.10 bits per heavy atom. The number of carboxylic acid groups (broad SMARTS) is 1. The molecule has 2 aromatic rings. The molecule has 0 aliphatic rings. The second-order valence-electron chi connectivity index (χ2n) is 4.21. The van der Waals surface area contributed by atoms with Crippen LogP contribution in [0.5, 0.6) is 0 Å². The Balaban J connectivity index is 2.25. The van der Waals surface area contributed by atoms with Gasteiger partial charge in [-0.05, 0) is 31.2 Å². The zero-order chi connectivity index (χ0) is 15.2. The maximum Gasteiger partial charge on any atom is 0.328 e. The molecule has 0 amide bonds. The van der Waals surface area contributed by atoms with Crippen LogP contribution in [0.2, 0.25) is 0 Å². The van der Waals surface area contributed by atoms with Crippen LogP contribution in [0.15, 0.2) is 42.7 Å². The van der Waals surface area contributed by atoms with Gasteiger partial charge in [-0.1, -0.05) is 6.07 Å². The summed E-state index contributed by atoms with van der Waals surface area (Å²) in [5, 5.41) is 8.56. The van der Waals surface area contributed by atoms with Crippen LogP contribution in [0.3, 0.4) is 0 Å². The average molecular weight is 287 g/mol. The number of aromatic nitrogens is 2. The molecule has 0 unspecified atom stereocenters. The van der Waals surface area contributed by atoms with Gasteiger partial charge >= 0.3 is 5.97 Å². The molecule has 0 saturated carbocycles. The van der Waals surface area contributed by atoms with Gasteiger partial charge in [-0.3, -0.25) is 0 Å². The number of carbonyl (C=O) groups is 1. The molecular weight excluding hydrogens is 273 g/mol. The highest BCUT2D eigenvalue weighted by Crippen LogP contribution is 2.22. The van der Waals surface area contributed by atoms with Crippen LogP contribution in [-0.4, -0.2) is 27.6 Å². The van der Waals surface area contributed by atoms with Crippen molar-refractivity contribution in [2.45, 2.75) is 6.92 Å². The molecule has 0 atom stereocenters. The van der Waals surface area contributed by atoms with Crippen molar-refractivity contribution >= 4 is 23.7 Å². The molecule has 2 rings (SSSR count). The Labute approximate surface area is 121 Å². The fraction of sp³-hybridized carbons (Fsp3) is 0.133. The van der Waals surface area contributed by atoms with Crippen molar-refractivity contribution in [1.82, 2.24) is 9.97 Å². The summed E-state index contributed by atoms with van der Waals surface area (Å²) < 4.78 is 13.3. The zero-order valence-electron chi connectivity index (χ0n) is 11.4. The number of halogens is 1. The Morgan fingerprint density at radius 1 is 1.38 bits per heavy atom. The number of hydrogen-bond acceptors (Lipinski definition) is 4. The summed E-state index contributed by atoms with van der Waals surface area (Å²) in [4.78, 5) is 20.6. The van der Waals surface area contributed by atoms with E-state index in [0.29, 0.717) is 23.7 Å². The van der Waals surface area contributed by atoms with Gasteiger partial charge in [0.1, 0.15) is 5.82 Å². The maximum atomic E-state index is 13.3. The summed E-state index contributed by atoms with van der Waals surface area (Å²) in [6.07, 6.45) is 5.46. The molecule has 0 saturated heterocycles. The number of anilines is 2. The van der Waals surface area contributed by atoms with E-state index < -0.39 is 5.97 Å². The molecule has 0 spiro atoms. The van der Waals surface area contributed by atoms with Crippen molar-refractivity contribution in [3.8, 4) is 0 Å². The summed E-state index contributed by atoms with van der Waals surface area (Å²) in [7, 11) is 0. The fourth-order valence-corrected chi connectivity index (χ4v) is 1.81. The van der Waals surface area contributed by atoms with Crippen molar-refractivity contribution in [2.24, 2.45) is 0 Å². The molecule has 6 heteroatoms. The highest BCUT2D eigenvalue weighted by Gasteiger charge is 2.10. The van der Waals surface area contributed by atoms with E-state index in [0.717, 1.165) is 6.08 Å². The normalized spacial score (nSPS) is 10.8. The fourth-order valence-electron chi connectivity index (χ4n) is 1.81. The van der Waals surface area contributed by atoms with E-state index >= 15 is 0 Å². The number of aliphatic carboxylic acids is 1. The van der Waals surface area contributed by atoms with Gasteiger partial charge in [0.15, 0.2) is 0 Å². The van der Waals surface area contributed by atoms with Crippen LogP contribution in [-0.2, 0) is 4.79 Å². The minimum atomic E-state index is -1.03. The largest absolute Gasteiger partial charge is 0.478 e. The van der Waals surface area contributed by atoms with Crippen LogP contribution in [0, 0.1) is 5.82 Å². The first-order valence-electron chi connectivity index (χ1n) is 6.36. The van der Waals surface area contributed by atoms with Crippen LogP contribution < -0.4 is 4.90 Å². The van der Waals surface area contributed by atoms with E-state index in [4.69, 9.17) is 5.11 Å². The standard InChI is InChI=1S/C15H14FN3O2/c1-2-19(13-5-3-4-12(16)8-13)15-17-9-11(10-18-15)6-7-14(20)21/h3-10H,2H2,1H3,(H,20,21)/b7-6+. The Hall–Kier alpha value is -2.76. The summed E-state index contributed by atoms with van der Waals surface area (Å²) in [6, 6.07) is 6.18. The first-order chi connectivity index (χ1) is 10.1. The maximum absolute atomic E-state index is 13.3. The third kappa shape index (κ3) is 3.85. The molecule has 0 aliphatic carbocycles. The summed E-state index contributed by atoms with van der Waals surface area (Å²) >= 11 is 0. The molecule has 1 aromatic carbocycles. The molecule has 108 valence electrons. The smallest absolute Gasteiger partial charge is 0.328 e. The lowest BCUT2D eigenvalue weighted by atomic mass is 10.3. The number of carboxylic acids is 1. The van der Waals surface area contributed by atoms with Crippen molar-refractivity contribution in [2.75, 3.05) is 11.4 Å². The molecule has 0 radical (unpaired) electrons. The van der Waals surface area contributed by atoms with Crippen LogP contribution in [0.1, 0.15) is 12.5 Å². The van der Waals surface area contributed by atoms with Gasteiger partial charge < -0.3 is 10.0 Å². The topological polar surface area (TPSA) is 66.3 Å². The van der Waals surface area contributed by atoms with E-state index in [9.17, 15) is 9.18 Å². The summed E-state index contributed by atoms with van der Waals surface area (Å²) in [6.45, 7) is 2.49. The Kier molecular flexibility index (Phi) is 4.61. The second-order valence-corrected chi connectivity index (χ2v) is 4.21. The molecule has 0 fully saturated rings. The van der Waals surface area contributed by atoms with Crippen LogP contribution >= 0.6 is 0 Å². The Morgan fingerprint density at radius 3 is 2.67 bits per heavy atom. The second kappa shape index (κ2) is 6.60. The molecule has 5 nitrogen and oxygen atoms in total. The lowest BCUT2D eigenvalue weighted by Gasteiger charge is -2.20. The van der Waals surface area contributed by atoms with E-state index in [2.05, 4.69) is 9.97 Å².